The second kappa shape index (κ2) is 6.84. The average Bonchev–Trinajstić information content (AvgIpc) is 2.82. The molecule has 2 aliphatic rings. The minimum atomic E-state index is -0.884. The van der Waals surface area contributed by atoms with E-state index in [0.717, 1.165) is 18.4 Å². The average molecular weight is 321 g/mol. The first-order valence-electron chi connectivity index (χ1n) is 7.94. The van der Waals surface area contributed by atoms with E-state index >= 15 is 0 Å². The van der Waals surface area contributed by atoms with Crippen LogP contribution in [0.2, 0.25) is 0 Å². The molecule has 5 N–H and O–H groups in total. The van der Waals surface area contributed by atoms with Gasteiger partial charge in [0.25, 0.3) is 0 Å². The Morgan fingerprint density at radius 1 is 1.26 bits per heavy atom. The lowest BCUT2D eigenvalue weighted by molar-refractivity contribution is 0.0486. The number of hydrogen-bond donors (Lipinski definition) is 5. The van der Waals surface area contributed by atoms with Gasteiger partial charge in [0, 0.05) is 6.04 Å². The summed E-state index contributed by atoms with van der Waals surface area (Å²) < 4.78 is 5.22. The second-order valence-corrected chi connectivity index (χ2v) is 6.25. The van der Waals surface area contributed by atoms with Gasteiger partial charge < -0.3 is 20.3 Å². The molecule has 1 heterocycles. The maximum absolute atomic E-state index is 11.9. The van der Waals surface area contributed by atoms with Crippen LogP contribution in [0, 0.1) is 0 Å². The van der Waals surface area contributed by atoms with Gasteiger partial charge in [-0.05, 0) is 31.2 Å². The number of aliphatic hydroxyl groups is 2. The number of aliphatic hydroxyl groups excluding tert-OH is 2. The molecule has 2 fully saturated rings. The molecule has 1 spiro atoms. The van der Waals surface area contributed by atoms with Crippen molar-refractivity contribution in [2.24, 2.45) is 0 Å². The van der Waals surface area contributed by atoms with Crippen LogP contribution >= 0.6 is 0 Å². The normalized spacial score (nSPS) is 33.6. The van der Waals surface area contributed by atoms with Crippen LogP contribution in [0.5, 0.6) is 0 Å². The summed E-state index contributed by atoms with van der Waals surface area (Å²) in [6, 6.07) is 9.56. The Balaban J connectivity index is 1.43. The molecule has 1 aromatic rings. The number of ether oxygens (including phenoxy) is 1. The number of alkyl carbamates (subject to hydrolysis) is 1. The van der Waals surface area contributed by atoms with Gasteiger partial charge in [0.05, 0.1) is 5.54 Å². The zero-order chi connectivity index (χ0) is 16.3. The zero-order valence-electron chi connectivity index (χ0n) is 12.9. The van der Waals surface area contributed by atoms with E-state index in [1.807, 2.05) is 30.3 Å². The van der Waals surface area contributed by atoms with E-state index in [4.69, 9.17) is 4.74 Å². The molecule has 0 aromatic heterocycles. The molecule has 0 bridgehead atoms. The first-order valence-corrected chi connectivity index (χ1v) is 7.94. The van der Waals surface area contributed by atoms with Gasteiger partial charge in [-0.3, -0.25) is 10.6 Å². The van der Waals surface area contributed by atoms with E-state index in [0.29, 0.717) is 12.8 Å². The summed E-state index contributed by atoms with van der Waals surface area (Å²) in [5.41, 5.74) is 0.439. The van der Waals surface area contributed by atoms with Gasteiger partial charge in [0.15, 0.2) is 6.35 Å². The molecule has 1 aromatic carbocycles. The van der Waals surface area contributed by atoms with E-state index in [-0.39, 0.29) is 12.6 Å². The Morgan fingerprint density at radius 3 is 2.57 bits per heavy atom. The third-order valence-corrected chi connectivity index (χ3v) is 4.68. The number of carbonyl (C=O) groups excluding carboxylic acids is 1. The summed E-state index contributed by atoms with van der Waals surface area (Å²) in [4.78, 5) is 11.9. The summed E-state index contributed by atoms with van der Waals surface area (Å²) in [6.45, 7) is 0.250. The Labute approximate surface area is 135 Å². The number of hydrogen-bond acceptors (Lipinski definition) is 6. The molecule has 1 aliphatic carbocycles. The number of amides is 1. The molecule has 3 rings (SSSR count). The summed E-state index contributed by atoms with van der Waals surface area (Å²) in [6.07, 6.45) is 0.698. The van der Waals surface area contributed by atoms with Crippen molar-refractivity contribution < 1.29 is 19.7 Å². The second-order valence-electron chi connectivity index (χ2n) is 6.25. The number of carbonyl (C=O) groups is 1. The van der Waals surface area contributed by atoms with Gasteiger partial charge in [-0.25, -0.2) is 4.79 Å². The van der Waals surface area contributed by atoms with Crippen LogP contribution in [0.3, 0.4) is 0 Å². The smallest absolute Gasteiger partial charge is 0.407 e. The predicted octanol–water partition coefficient (Wildman–Crippen LogP) is 0.381. The van der Waals surface area contributed by atoms with E-state index in [9.17, 15) is 15.0 Å². The maximum atomic E-state index is 11.9. The van der Waals surface area contributed by atoms with Crippen molar-refractivity contribution in [3.05, 3.63) is 35.9 Å². The van der Waals surface area contributed by atoms with Crippen LogP contribution in [0.1, 0.15) is 31.2 Å². The number of nitrogens with one attached hydrogen (secondary N) is 3. The van der Waals surface area contributed by atoms with Gasteiger partial charge in [0.2, 0.25) is 0 Å². The minimum Gasteiger partial charge on any atom is -0.445 e. The molecule has 23 heavy (non-hydrogen) atoms. The van der Waals surface area contributed by atoms with Crippen molar-refractivity contribution in [1.82, 2.24) is 16.0 Å². The van der Waals surface area contributed by atoms with Gasteiger partial charge in [0.1, 0.15) is 12.8 Å². The predicted molar refractivity (Wildman–Crippen MR) is 83.0 cm³/mol. The van der Waals surface area contributed by atoms with Crippen LogP contribution in [0.4, 0.5) is 4.79 Å². The van der Waals surface area contributed by atoms with Crippen LogP contribution in [0.25, 0.3) is 0 Å². The largest absolute Gasteiger partial charge is 0.445 e. The zero-order valence-corrected chi connectivity index (χ0v) is 12.9. The highest BCUT2D eigenvalue weighted by atomic mass is 16.5. The summed E-state index contributed by atoms with van der Waals surface area (Å²) in [5.74, 6) is 0. The molecule has 1 aliphatic heterocycles. The van der Waals surface area contributed by atoms with E-state index in [2.05, 4.69) is 16.0 Å². The van der Waals surface area contributed by atoms with E-state index in [1.54, 1.807) is 0 Å². The fourth-order valence-corrected chi connectivity index (χ4v) is 3.33. The summed E-state index contributed by atoms with van der Waals surface area (Å²) in [5, 5.41) is 28.1. The molecule has 2 atom stereocenters. The first-order chi connectivity index (χ1) is 11.1. The van der Waals surface area contributed by atoms with Crippen molar-refractivity contribution in [1.29, 1.82) is 0 Å². The number of rotatable bonds is 3. The molecule has 1 amide bonds. The van der Waals surface area contributed by atoms with Crippen LogP contribution in [0.15, 0.2) is 30.3 Å². The van der Waals surface area contributed by atoms with E-state index in [1.165, 1.54) is 0 Å². The van der Waals surface area contributed by atoms with Crippen LogP contribution in [-0.4, -0.2) is 40.5 Å². The highest BCUT2D eigenvalue weighted by Gasteiger charge is 2.47. The Kier molecular flexibility index (Phi) is 4.82. The monoisotopic (exact) mass is 321 g/mol. The molecule has 1 saturated carbocycles. The lowest BCUT2D eigenvalue weighted by Crippen LogP contribution is -2.54. The highest BCUT2D eigenvalue weighted by Crippen LogP contribution is 2.33. The third-order valence-electron chi connectivity index (χ3n) is 4.68. The molecule has 2 unspecified atom stereocenters. The maximum Gasteiger partial charge on any atom is 0.407 e. The Morgan fingerprint density at radius 2 is 1.96 bits per heavy atom. The van der Waals surface area contributed by atoms with Gasteiger partial charge in [-0.15, -0.1) is 0 Å². The standard InChI is InChI=1S/C16H23N3O4/c20-13-16(19-14(21)18-13)8-6-12(7-9-16)17-15(22)23-10-11-4-2-1-3-5-11/h1-5,12-14,18-21H,6-10H2,(H,17,22). The summed E-state index contributed by atoms with van der Waals surface area (Å²) in [7, 11) is 0. The van der Waals surface area contributed by atoms with Crippen molar-refractivity contribution in [2.45, 2.75) is 56.5 Å². The van der Waals surface area contributed by atoms with E-state index < -0.39 is 24.2 Å². The third kappa shape index (κ3) is 3.81. The Hall–Kier alpha value is -1.67. The minimum absolute atomic E-state index is 0.0237. The fraction of sp³-hybridized carbons (Fsp3) is 0.562. The van der Waals surface area contributed by atoms with Crippen molar-refractivity contribution in [3.63, 3.8) is 0 Å². The molecule has 7 nitrogen and oxygen atoms in total. The highest BCUT2D eigenvalue weighted by molar-refractivity contribution is 5.67. The lowest BCUT2D eigenvalue weighted by Gasteiger charge is -2.39. The van der Waals surface area contributed by atoms with Crippen molar-refractivity contribution in [2.75, 3.05) is 0 Å². The van der Waals surface area contributed by atoms with Crippen LogP contribution < -0.4 is 16.0 Å². The Bertz CT molecular complexity index is 531. The molecular formula is C16H23N3O4. The van der Waals surface area contributed by atoms with Crippen molar-refractivity contribution >= 4 is 6.09 Å². The topological polar surface area (TPSA) is 103 Å². The molecule has 1 saturated heterocycles. The van der Waals surface area contributed by atoms with Crippen LogP contribution in [-0.2, 0) is 11.3 Å². The molecule has 0 radical (unpaired) electrons. The molecule has 7 heteroatoms. The summed E-state index contributed by atoms with van der Waals surface area (Å²) >= 11 is 0. The molecule has 126 valence electrons. The van der Waals surface area contributed by atoms with Gasteiger partial charge in [-0.2, -0.15) is 0 Å². The van der Waals surface area contributed by atoms with Gasteiger partial charge in [-0.1, -0.05) is 30.3 Å². The van der Waals surface area contributed by atoms with Gasteiger partial charge >= 0.3 is 6.09 Å². The number of benzene rings is 1. The molecular weight excluding hydrogens is 298 g/mol. The fourth-order valence-electron chi connectivity index (χ4n) is 3.33. The van der Waals surface area contributed by atoms with Crippen molar-refractivity contribution in [3.8, 4) is 0 Å². The lowest BCUT2D eigenvalue weighted by atomic mass is 9.79. The quantitative estimate of drug-likeness (QED) is 0.552. The first kappa shape index (κ1) is 16.2. The SMILES string of the molecule is O=C(NC1CCC2(CC1)NC(O)NC2O)OCc1ccccc1.